The van der Waals surface area contributed by atoms with Gasteiger partial charge in [0.1, 0.15) is 6.61 Å². The number of carboxylic acids is 1. The van der Waals surface area contributed by atoms with Crippen LogP contribution in [0, 0.1) is 0 Å². The van der Waals surface area contributed by atoms with Crippen LogP contribution in [0.5, 0.6) is 0 Å². The molecular weight excluding hydrogens is 399 g/mol. The second kappa shape index (κ2) is 8.01. The van der Waals surface area contributed by atoms with E-state index < -0.39 is 30.3 Å². The van der Waals surface area contributed by atoms with Crippen molar-refractivity contribution < 1.29 is 32.6 Å². The maximum atomic E-state index is 13.6. The second-order valence-corrected chi connectivity index (χ2v) is 7.33. The first-order chi connectivity index (χ1) is 14.1. The molecule has 2 aromatic rings. The van der Waals surface area contributed by atoms with Crippen molar-refractivity contribution in [3.63, 3.8) is 0 Å². The lowest BCUT2D eigenvalue weighted by Crippen LogP contribution is -2.64. The molecule has 3 rings (SSSR count). The quantitative estimate of drug-likeness (QED) is 0.709. The summed E-state index contributed by atoms with van der Waals surface area (Å²) in [5, 5.41) is 9.28. The number of fused-ring (bicyclic) bond motifs is 3. The molecule has 0 aliphatic heterocycles. The highest BCUT2D eigenvalue weighted by molar-refractivity contribution is 5.85. The lowest BCUT2D eigenvalue weighted by atomic mass is 9.98. The zero-order valence-corrected chi connectivity index (χ0v) is 16.6. The van der Waals surface area contributed by atoms with Gasteiger partial charge in [0, 0.05) is 12.5 Å². The number of amides is 1. The maximum Gasteiger partial charge on any atom is 0.422 e. The summed E-state index contributed by atoms with van der Waals surface area (Å²) in [5.41, 5.74) is 0.386. The Kier molecular flexibility index (Phi) is 5.78. The highest BCUT2D eigenvalue weighted by Crippen LogP contribution is 2.44. The normalized spacial score (nSPS) is 15.1. The molecule has 0 aromatic heterocycles. The van der Waals surface area contributed by atoms with Crippen LogP contribution in [0.2, 0.25) is 0 Å². The first-order valence-electron chi connectivity index (χ1n) is 9.55. The molecule has 0 spiro atoms. The predicted octanol–water partition coefficient (Wildman–Crippen LogP) is 5.05. The van der Waals surface area contributed by atoms with Crippen LogP contribution in [0.1, 0.15) is 37.3 Å². The Morgan fingerprint density at radius 1 is 1.03 bits per heavy atom. The van der Waals surface area contributed by atoms with Crippen LogP contribution in [-0.4, -0.2) is 46.9 Å². The van der Waals surface area contributed by atoms with E-state index >= 15 is 0 Å². The van der Waals surface area contributed by atoms with Crippen molar-refractivity contribution in [3.8, 4) is 11.1 Å². The van der Waals surface area contributed by atoms with E-state index in [1.807, 2.05) is 48.5 Å². The molecule has 1 aliphatic carbocycles. The van der Waals surface area contributed by atoms with E-state index in [9.17, 15) is 27.9 Å². The van der Waals surface area contributed by atoms with Gasteiger partial charge in [-0.05, 0) is 35.6 Å². The summed E-state index contributed by atoms with van der Waals surface area (Å²) >= 11 is 0. The van der Waals surface area contributed by atoms with Gasteiger partial charge in [-0.3, -0.25) is 4.90 Å². The molecule has 2 aromatic carbocycles. The third kappa shape index (κ3) is 3.51. The fourth-order valence-corrected chi connectivity index (χ4v) is 3.78. The Labute approximate surface area is 172 Å². The van der Waals surface area contributed by atoms with Crippen molar-refractivity contribution in [1.82, 2.24) is 4.90 Å². The van der Waals surface area contributed by atoms with Gasteiger partial charge >= 0.3 is 18.2 Å². The van der Waals surface area contributed by atoms with E-state index in [1.165, 1.54) is 0 Å². The third-order valence-corrected chi connectivity index (χ3v) is 5.51. The summed E-state index contributed by atoms with van der Waals surface area (Å²) in [6, 6.07) is 15.1. The number of alkyl halides is 3. The van der Waals surface area contributed by atoms with Crippen LogP contribution in [-0.2, 0) is 9.53 Å². The van der Waals surface area contributed by atoms with Crippen LogP contribution in [0.25, 0.3) is 11.1 Å². The van der Waals surface area contributed by atoms with Crippen molar-refractivity contribution in [2.45, 2.75) is 37.9 Å². The fraction of sp³-hybridized carbons (Fsp3) is 0.364. The lowest BCUT2D eigenvalue weighted by Gasteiger charge is -2.38. The summed E-state index contributed by atoms with van der Waals surface area (Å²) in [7, 11) is 0. The predicted molar refractivity (Wildman–Crippen MR) is 104 cm³/mol. The number of carboxylic acid groups (broad SMARTS) is 1. The number of hydrogen-bond donors (Lipinski definition) is 1. The van der Waals surface area contributed by atoms with Gasteiger partial charge in [0.2, 0.25) is 5.54 Å². The lowest BCUT2D eigenvalue weighted by molar-refractivity contribution is -0.228. The first kappa shape index (κ1) is 21.7. The van der Waals surface area contributed by atoms with Crippen molar-refractivity contribution in [2.75, 3.05) is 13.2 Å². The summed E-state index contributed by atoms with van der Waals surface area (Å²) in [5.74, 6) is -2.50. The molecule has 1 amide bonds. The molecule has 160 valence electrons. The van der Waals surface area contributed by atoms with Gasteiger partial charge in [-0.25, -0.2) is 9.59 Å². The number of hydrogen-bond acceptors (Lipinski definition) is 3. The van der Waals surface area contributed by atoms with Gasteiger partial charge in [0.25, 0.3) is 0 Å². The number of ether oxygens (including phenoxy) is 1. The number of carbonyl (C=O) groups is 2. The van der Waals surface area contributed by atoms with Crippen LogP contribution < -0.4 is 0 Å². The highest BCUT2D eigenvalue weighted by atomic mass is 19.4. The molecule has 8 heteroatoms. The van der Waals surface area contributed by atoms with Crippen molar-refractivity contribution in [1.29, 1.82) is 0 Å². The minimum atomic E-state index is -5.17. The topological polar surface area (TPSA) is 66.8 Å². The molecule has 0 saturated carbocycles. The summed E-state index contributed by atoms with van der Waals surface area (Å²) in [6.07, 6.45) is -6.33. The Morgan fingerprint density at radius 2 is 1.53 bits per heavy atom. The van der Waals surface area contributed by atoms with Crippen LogP contribution >= 0.6 is 0 Å². The van der Waals surface area contributed by atoms with Gasteiger partial charge in [-0.1, -0.05) is 55.5 Å². The Morgan fingerprint density at radius 3 is 1.97 bits per heavy atom. The molecule has 1 unspecified atom stereocenters. The van der Waals surface area contributed by atoms with E-state index in [2.05, 4.69) is 0 Å². The van der Waals surface area contributed by atoms with Crippen molar-refractivity contribution in [2.24, 2.45) is 0 Å². The van der Waals surface area contributed by atoms with E-state index in [-0.39, 0.29) is 23.8 Å². The number of halogens is 3. The largest absolute Gasteiger partial charge is 0.479 e. The molecular formula is C22H22F3NO4. The van der Waals surface area contributed by atoms with Gasteiger partial charge < -0.3 is 9.84 Å². The Bertz CT molecular complexity index is 914. The summed E-state index contributed by atoms with van der Waals surface area (Å²) in [6.45, 7) is 1.44. The average molecular weight is 421 g/mol. The zero-order chi connectivity index (χ0) is 22.1. The Hall–Kier alpha value is -3.03. The molecule has 1 aliphatic rings. The number of carbonyl (C=O) groups excluding carboxylic acids is 1. The van der Waals surface area contributed by atoms with Crippen LogP contribution in [0.3, 0.4) is 0 Å². The minimum absolute atomic E-state index is 0.142. The minimum Gasteiger partial charge on any atom is -0.479 e. The van der Waals surface area contributed by atoms with E-state index in [4.69, 9.17) is 4.74 Å². The first-order valence-corrected chi connectivity index (χ1v) is 9.55. The number of rotatable bonds is 6. The second-order valence-electron chi connectivity index (χ2n) is 7.33. The molecule has 30 heavy (non-hydrogen) atoms. The molecule has 0 heterocycles. The zero-order valence-electron chi connectivity index (χ0n) is 16.6. The Balaban J connectivity index is 1.87. The van der Waals surface area contributed by atoms with E-state index in [0.717, 1.165) is 22.3 Å². The van der Waals surface area contributed by atoms with Gasteiger partial charge in [0.05, 0.1) is 0 Å². The average Bonchev–Trinajstić information content (AvgIpc) is 3.02. The molecule has 0 saturated heterocycles. The van der Waals surface area contributed by atoms with Crippen LogP contribution in [0.4, 0.5) is 18.0 Å². The molecule has 0 fully saturated rings. The standard InChI is InChI=1S/C22H22F3NO4/c1-3-12-26(21(2,19(27)28)22(23,24)25)20(29)30-13-18-16-10-6-4-8-14(16)15-9-5-7-11-17(15)18/h4-11,18H,3,12-13H2,1-2H3,(H,27,28). The number of benzene rings is 2. The molecule has 0 radical (unpaired) electrons. The highest BCUT2D eigenvalue weighted by Gasteiger charge is 2.63. The molecule has 1 atom stereocenters. The van der Waals surface area contributed by atoms with Gasteiger partial charge in [-0.2, -0.15) is 13.2 Å². The summed E-state index contributed by atoms with van der Waals surface area (Å²) < 4.78 is 46.1. The fourth-order valence-electron chi connectivity index (χ4n) is 3.78. The molecule has 0 bridgehead atoms. The van der Waals surface area contributed by atoms with Gasteiger partial charge in [0.15, 0.2) is 0 Å². The van der Waals surface area contributed by atoms with E-state index in [1.54, 1.807) is 6.92 Å². The van der Waals surface area contributed by atoms with Gasteiger partial charge in [-0.15, -0.1) is 0 Å². The van der Waals surface area contributed by atoms with Crippen LogP contribution in [0.15, 0.2) is 48.5 Å². The van der Waals surface area contributed by atoms with Crippen molar-refractivity contribution >= 4 is 12.1 Å². The SMILES string of the molecule is CCCN(C(=O)OCC1c2ccccc2-c2ccccc21)C(C)(C(=O)O)C(F)(F)F. The van der Waals surface area contributed by atoms with Crippen molar-refractivity contribution in [3.05, 3.63) is 59.7 Å². The number of aliphatic carboxylic acids is 1. The third-order valence-electron chi connectivity index (χ3n) is 5.51. The van der Waals surface area contributed by atoms with E-state index in [0.29, 0.717) is 6.92 Å². The molecule has 5 nitrogen and oxygen atoms in total. The number of nitrogens with zero attached hydrogens (tertiary/aromatic N) is 1. The molecule has 1 N–H and O–H groups in total. The maximum absolute atomic E-state index is 13.6. The monoisotopic (exact) mass is 421 g/mol. The summed E-state index contributed by atoms with van der Waals surface area (Å²) in [4.78, 5) is 24.4. The smallest absolute Gasteiger partial charge is 0.422 e.